The fraction of sp³-hybridized carbons (Fsp3) is 0.250. The van der Waals surface area contributed by atoms with Gasteiger partial charge in [-0.2, -0.15) is 0 Å². The lowest BCUT2D eigenvalue weighted by Crippen LogP contribution is -2.45. The van der Waals surface area contributed by atoms with Gasteiger partial charge in [0.1, 0.15) is 11.5 Å². The highest BCUT2D eigenvalue weighted by Crippen LogP contribution is 2.28. The van der Waals surface area contributed by atoms with Crippen LogP contribution in [-0.2, 0) is 6.54 Å². The van der Waals surface area contributed by atoms with Crippen LogP contribution in [0, 0.1) is 10.1 Å². The second-order valence-corrected chi connectivity index (χ2v) is 6.55. The molecule has 1 fully saturated rings. The van der Waals surface area contributed by atoms with Crippen LogP contribution in [0.1, 0.15) is 17.4 Å². The predicted molar refractivity (Wildman–Crippen MR) is 101 cm³/mol. The molecule has 0 bridgehead atoms. The molecule has 1 aliphatic rings. The summed E-state index contributed by atoms with van der Waals surface area (Å²) in [4.78, 5) is 17.0. The summed E-state index contributed by atoms with van der Waals surface area (Å²) < 4.78 is 6.01. The number of aromatic nitrogens is 1. The van der Waals surface area contributed by atoms with Crippen LogP contribution in [0.4, 0.5) is 5.69 Å². The second-order valence-electron chi connectivity index (χ2n) is 6.55. The molecule has 1 saturated heterocycles. The highest BCUT2D eigenvalue weighted by molar-refractivity contribution is 5.59. The fourth-order valence-electron chi connectivity index (χ4n) is 3.40. The third-order valence-corrected chi connectivity index (χ3v) is 4.81. The molecule has 2 aromatic heterocycles. The maximum Gasteiger partial charge on any atom is 0.269 e. The number of nitrogens with zero attached hydrogens (tertiary/aromatic N) is 3. The number of non-ortho nitro benzene ring substituents is 1. The maximum absolute atomic E-state index is 10.8. The van der Waals surface area contributed by atoms with E-state index in [4.69, 9.17) is 4.42 Å². The van der Waals surface area contributed by atoms with E-state index in [9.17, 15) is 10.1 Å². The third-order valence-electron chi connectivity index (χ3n) is 4.81. The zero-order valence-electron chi connectivity index (χ0n) is 14.7. The highest BCUT2D eigenvalue weighted by atomic mass is 16.6. The first-order valence-corrected chi connectivity index (χ1v) is 8.89. The molecule has 0 aliphatic carbocycles. The van der Waals surface area contributed by atoms with Crippen LogP contribution in [-0.4, -0.2) is 34.4 Å². The lowest BCUT2D eigenvalue weighted by atomic mass is 10.1. The van der Waals surface area contributed by atoms with Crippen LogP contribution < -0.4 is 5.32 Å². The van der Waals surface area contributed by atoms with Gasteiger partial charge in [-0.15, -0.1) is 0 Å². The molecule has 138 valence electrons. The summed E-state index contributed by atoms with van der Waals surface area (Å²) in [6, 6.07) is 14.6. The molecule has 0 saturated carbocycles. The zero-order chi connectivity index (χ0) is 18.6. The minimum atomic E-state index is -0.402. The van der Waals surface area contributed by atoms with Crippen LogP contribution in [0.3, 0.4) is 0 Å². The smallest absolute Gasteiger partial charge is 0.269 e. The molecule has 1 aromatic carbocycles. The van der Waals surface area contributed by atoms with Crippen molar-refractivity contribution in [2.24, 2.45) is 0 Å². The molecule has 1 atom stereocenters. The molecule has 3 aromatic rings. The Bertz CT molecular complexity index is 908. The molecule has 7 nitrogen and oxygen atoms in total. The summed E-state index contributed by atoms with van der Waals surface area (Å²) in [6.07, 6.45) is 3.70. The molecule has 27 heavy (non-hydrogen) atoms. The normalized spacial score (nSPS) is 17.7. The summed E-state index contributed by atoms with van der Waals surface area (Å²) in [5, 5.41) is 14.2. The quantitative estimate of drug-likeness (QED) is 0.552. The van der Waals surface area contributed by atoms with Gasteiger partial charge in [-0.05, 0) is 35.9 Å². The van der Waals surface area contributed by atoms with Crippen molar-refractivity contribution in [2.75, 3.05) is 19.6 Å². The Kier molecular flexibility index (Phi) is 4.95. The van der Waals surface area contributed by atoms with Gasteiger partial charge < -0.3 is 9.73 Å². The topological polar surface area (TPSA) is 84.4 Å². The van der Waals surface area contributed by atoms with Gasteiger partial charge in [0.05, 0.1) is 11.5 Å². The van der Waals surface area contributed by atoms with Gasteiger partial charge in [0.2, 0.25) is 0 Å². The lowest BCUT2D eigenvalue weighted by Gasteiger charge is -2.35. The van der Waals surface area contributed by atoms with Crippen molar-refractivity contribution in [1.82, 2.24) is 15.2 Å². The molecule has 1 unspecified atom stereocenters. The molecule has 1 N–H and O–H groups in total. The second kappa shape index (κ2) is 7.69. The number of furan rings is 1. The Morgan fingerprint density at radius 3 is 2.81 bits per heavy atom. The van der Waals surface area contributed by atoms with E-state index in [0.717, 1.165) is 31.0 Å². The van der Waals surface area contributed by atoms with Crippen molar-refractivity contribution < 1.29 is 9.34 Å². The molecule has 0 radical (unpaired) electrons. The van der Waals surface area contributed by atoms with E-state index < -0.39 is 4.92 Å². The summed E-state index contributed by atoms with van der Waals surface area (Å²) in [7, 11) is 0. The van der Waals surface area contributed by atoms with Gasteiger partial charge in [-0.1, -0.05) is 6.07 Å². The first-order valence-electron chi connectivity index (χ1n) is 8.89. The number of hydrogen-bond acceptors (Lipinski definition) is 6. The fourth-order valence-corrected chi connectivity index (χ4v) is 3.40. The van der Waals surface area contributed by atoms with Gasteiger partial charge in [-0.3, -0.25) is 20.0 Å². The number of pyridine rings is 1. The van der Waals surface area contributed by atoms with Crippen LogP contribution in [0.25, 0.3) is 11.3 Å². The molecule has 7 heteroatoms. The van der Waals surface area contributed by atoms with Gasteiger partial charge in [0, 0.05) is 55.8 Å². The van der Waals surface area contributed by atoms with Crippen LogP contribution in [0.2, 0.25) is 0 Å². The summed E-state index contributed by atoms with van der Waals surface area (Å²) >= 11 is 0. The number of nitro groups is 1. The average molecular weight is 364 g/mol. The van der Waals surface area contributed by atoms with E-state index in [2.05, 4.69) is 21.3 Å². The third kappa shape index (κ3) is 3.89. The Morgan fingerprint density at radius 2 is 2.07 bits per heavy atom. The molecular formula is C20H20N4O3. The molecule has 0 amide bonds. The Balaban J connectivity index is 1.50. The van der Waals surface area contributed by atoms with Crippen molar-refractivity contribution in [1.29, 1.82) is 0 Å². The summed E-state index contributed by atoms with van der Waals surface area (Å²) in [6.45, 7) is 3.44. The number of rotatable bonds is 5. The van der Waals surface area contributed by atoms with E-state index in [-0.39, 0.29) is 11.7 Å². The minimum absolute atomic E-state index is 0.0747. The maximum atomic E-state index is 10.8. The molecule has 1 aliphatic heterocycles. The Hall–Kier alpha value is -3.03. The zero-order valence-corrected chi connectivity index (χ0v) is 14.7. The number of nitro benzene ring substituents is 1. The lowest BCUT2D eigenvalue weighted by molar-refractivity contribution is -0.384. The van der Waals surface area contributed by atoms with Crippen molar-refractivity contribution in [3.63, 3.8) is 0 Å². The monoisotopic (exact) mass is 364 g/mol. The van der Waals surface area contributed by atoms with Crippen LogP contribution in [0.15, 0.2) is 65.3 Å². The number of benzene rings is 1. The Morgan fingerprint density at radius 1 is 1.22 bits per heavy atom. The van der Waals surface area contributed by atoms with E-state index in [0.29, 0.717) is 12.3 Å². The largest absolute Gasteiger partial charge is 0.460 e. The van der Waals surface area contributed by atoms with Crippen molar-refractivity contribution in [3.05, 3.63) is 82.4 Å². The molecular weight excluding hydrogens is 344 g/mol. The van der Waals surface area contributed by atoms with E-state index in [1.807, 2.05) is 24.4 Å². The van der Waals surface area contributed by atoms with Crippen molar-refractivity contribution in [3.8, 4) is 11.3 Å². The van der Waals surface area contributed by atoms with Crippen LogP contribution >= 0.6 is 0 Å². The van der Waals surface area contributed by atoms with Gasteiger partial charge in [0.25, 0.3) is 5.69 Å². The van der Waals surface area contributed by atoms with Gasteiger partial charge >= 0.3 is 0 Å². The average Bonchev–Trinajstić information content (AvgIpc) is 3.18. The predicted octanol–water partition coefficient (Wildman–Crippen LogP) is 3.40. The minimum Gasteiger partial charge on any atom is -0.460 e. The summed E-state index contributed by atoms with van der Waals surface area (Å²) in [5.41, 5.74) is 2.09. The van der Waals surface area contributed by atoms with Gasteiger partial charge in [0.15, 0.2) is 0 Å². The number of hydrogen-bond donors (Lipinski definition) is 1. The van der Waals surface area contributed by atoms with Crippen molar-refractivity contribution >= 4 is 5.69 Å². The molecule has 3 heterocycles. The SMILES string of the molecule is O=[N+]([O-])c1ccc(-c2ccc(CN3CCNCC3c3cccnc3)o2)cc1. The number of piperazine rings is 1. The van der Waals surface area contributed by atoms with Crippen molar-refractivity contribution in [2.45, 2.75) is 12.6 Å². The first-order chi connectivity index (χ1) is 13.2. The van der Waals surface area contributed by atoms with E-state index in [1.54, 1.807) is 18.3 Å². The highest BCUT2D eigenvalue weighted by Gasteiger charge is 2.25. The first kappa shape index (κ1) is 17.4. The molecule has 0 spiro atoms. The molecule has 4 rings (SSSR count). The standard InChI is InChI=1S/C20H20N4O3/c25-24(26)17-5-3-15(4-6-17)20-8-7-18(27-20)14-23-11-10-22-13-19(23)16-2-1-9-21-12-16/h1-9,12,19,22H,10-11,13-14H2. The van der Waals surface area contributed by atoms with E-state index >= 15 is 0 Å². The van der Waals surface area contributed by atoms with E-state index in [1.165, 1.54) is 17.7 Å². The number of nitrogens with one attached hydrogen (secondary N) is 1. The van der Waals surface area contributed by atoms with Crippen LogP contribution in [0.5, 0.6) is 0 Å². The Labute approximate surface area is 156 Å². The van der Waals surface area contributed by atoms with Gasteiger partial charge in [-0.25, -0.2) is 0 Å². The summed E-state index contributed by atoms with van der Waals surface area (Å²) in [5.74, 6) is 1.59.